The molecule has 2 N–H and O–H groups in total. The summed E-state index contributed by atoms with van der Waals surface area (Å²) in [5, 5.41) is 10.0. The fourth-order valence-corrected chi connectivity index (χ4v) is 2.26. The summed E-state index contributed by atoms with van der Waals surface area (Å²) in [7, 11) is 1.31. The Morgan fingerprint density at radius 1 is 1.24 bits per heavy atom. The van der Waals surface area contributed by atoms with Crippen molar-refractivity contribution in [2.24, 2.45) is 0 Å². The van der Waals surface area contributed by atoms with Crippen LogP contribution in [0.1, 0.15) is 23.7 Å². The number of fused-ring (bicyclic) bond motifs is 1. The molecule has 128 valence electrons. The Balaban J connectivity index is 1.86. The average Bonchev–Trinajstić information content (AvgIpc) is 3.04. The van der Waals surface area contributed by atoms with E-state index in [2.05, 4.69) is 20.7 Å². The number of rotatable bonds is 5. The second-order valence-electron chi connectivity index (χ2n) is 5.24. The van der Waals surface area contributed by atoms with Crippen LogP contribution < -0.4 is 10.6 Å². The fraction of sp³-hybridized carbons (Fsp3) is 0.176. The van der Waals surface area contributed by atoms with Gasteiger partial charge in [-0.1, -0.05) is 13.0 Å². The number of hydrogen-bond acceptors (Lipinski definition) is 6. The number of amides is 1. The Kier molecular flexibility index (Phi) is 4.60. The molecule has 8 nitrogen and oxygen atoms in total. The first-order chi connectivity index (χ1) is 12.1. The largest absolute Gasteiger partial charge is 0.465 e. The van der Waals surface area contributed by atoms with Gasteiger partial charge >= 0.3 is 5.97 Å². The van der Waals surface area contributed by atoms with E-state index in [9.17, 15) is 9.59 Å². The zero-order valence-electron chi connectivity index (χ0n) is 13.8. The molecule has 0 atom stereocenters. The summed E-state index contributed by atoms with van der Waals surface area (Å²) in [5.74, 6) is -0.0141. The molecule has 1 aromatic carbocycles. The minimum Gasteiger partial charge on any atom is -0.465 e. The molecule has 0 radical (unpaired) electrons. The molecule has 0 saturated heterocycles. The van der Waals surface area contributed by atoms with Crippen molar-refractivity contribution >= 4 is 34.7 Å². The molecule has 3 rings (SSSR count). The predicted molar refractivity (Wildman–Crippen MR) is 93.0 cm³/mol. The quantitative estimate of drug-likeness (QED) is 0.694. The molecule has 3 aromatic rings. The zero-order chi connectivity index (χ0) is 17.8. The molecule has 2 aromatic heterocycles. The van der Waals surface area contributed by atoms with Crippen molar-refractivity contribution < 1.29 is 14.3 Å². The molecule has 0 bridgehead atoms. The summed E-state index contributed by atoms with van der Waals surface area (Å²) in [6.07, 6.45) is 3.52. The van der Waals surface area contributed by atoms with Gasteiger partial charge in [0.05, 0.1) is 13.3 Å². The molecule has 8 heteroatoms. The monoisotopic (exact) mass is 339 g/mol. The number of hydrogen-bond donors (Lipinski definition) is 2. The van der Waals surface area contributed by atoms with Gasteiger partial charge in [0.15, 0.2) is 5.65 Å². The molecule has 0 unspecified atom stereocenters. The summed E-state index contributed by atoms with van der Waals surface area (Å²) in [4.78, 5) is 27.7. The summed E-state index contributed by atoms with van der Waals surface area (Å²) in [6, 6.07) is 9.02. The van der Waals surface area contributed by atoms with E-state index < -0.39 is 5.97 Å². The smallest absolute Gasteiger partial charge is 0.343 e. The highest BCUT2D eigenvalue weighted by atomic mass is 16.5. The van der Waals surface area contributed by atoms with Gasteiger partial charge in [0, 0.05) is 24.0 Å². The first-order valence-corrected chi connectivity index (χ1v) is 7.70. The minimum absolute atomic E-state index is 0.0568. The highest BCUT2D eigenvalue weighted by Crippen LogP contribution is 2.20. The van der Waals surface area contributed by atoms with Gasteiger partial charge in [0.1, 0.15) is 11.4 Å². The third-order valence-electron chi connectivity index (χ3n) is 3.51. The third-order valence-corrected chi connectivity index (χ3v) is 3.51. The van der Waals surface area contributed by atoms with Crippen LogP contribution >= 0.6 is 0 Å². The predicted octanol–water partition coefficient (Wildman–Crippen LogP) is 2.61. The topological polar surface area (TPSA) is 97.6 Å². The van der Waals surface area contributed by atoms with Crippen molar-refractivity contribution in [1.82, 2.24) is 14.6 Å². The van der Waals surface area contributed by atoms with E-state index in [-0.39, 0.29) is 11.5 Å². The van der Waals surface area contributed by atoms with Crippen LogP contribution in [0.3, 0.4) is 0 Å². The van der Waals surface area contributed by atoms with Crippen LogP contribution in [0.5, 0.6) is 0 Å². The van der Waals surface area contributed by atoms with E-state index in [1.165, 1.54) is 17.8 Å². The molecule has 25 heavy (non-hydrogen) atoms. The van der Waals surface area contributed by atoms with Crippen molar-refractivity contribution in [2.45, 2.75) is 13.3 Å². The number of aromatic nitrogens is 3. The first kappa shape index (κ1) is 16.4. The van der Waals surface area contributed by atoms with Crippen LogP contribution in [0.2, 0.25) is 0 Å². The number of esters is 1. The van der Waals surface area contributed by atoms with Gasteiger partial charge in [0.25, 0.3) is 0 Å². The van der Waals surface area contributed by atoms with Gasteiger partial charge in [-0.3, -0.25) is 4.79 Å². The van der Waals surface area contributed by atoms with Crippen LogP contribution in [0, 0.1) is 0 Å². The standard InChI is InChI=1S/C17H17N5O3/c1-3-15(23)20-12-6-4-5-11(9-12)19-14-7-8-22-16(21-14)13(10-18-22)17(24)25-2/h4-10H,3H2,1-2H3,(H,19,21)(H,20,23). The van der Waals surface area contributed by atoms with Crippen LogP contribution in [-0.4, -0.2) is 33.6 Å². The maximum atomic E-state index is 11.8. The van der Waals surface area contributed by atoms with Crippen molar-refractivity contribution in [3.8, 4) is 0 Å². The average molecular weight is 339 g/mol. The lowest BCUT2D eigenvalue weighted by molar-refractivity contribution is -0.115. The van der Waals surface area contributed by atoms with E-state index in [1.807, 2.05) is 18.2 Å². The number of carbonyl (C=O) groups is 2. The maximum absolute atomic E-state index is 11.8. The summed E-state index contributed by atoms with van der Waals surface area (Å²) >= 11 is 0. The summed E-state index contributed by atoms with van der Waals surface area (Å²) in [6.45, 7) is 1.79. The number of methoxy groups -OCH3 is 1. The zero-order valence-corrected chi connectivity index (χ0v) is 13.8. The van der Waals surface area contributed by atoms with Crippen LogP contribution in [0.25, 0.3) is 5.65 Å². The van der Waals surface area contributed by atoms with Gasteiger partial charge in [-0.05, 0) is 24.3 Å². The lowest BCUT2D eigenvalue weighted by Gasteiger charge is -2.09. The molecular formula is C17H17N5O3. The van der Waals surface area contributed by atoms with Crippen LogP contribution in [0.15, 0.2) is 42.7 Å². The number of ether oxygens (including phenoxy) is 1. The molecule has 1 amide bonds. The Hall–Kier alpha value is -3.42. The lowest BCUT2D eigenvalue weighted by atomic mass is 10.2. The Morgan fingerprint density at radius 2 is 2.04 bits per heavy atom. The third kappa shape index (κ3) is 3.57. The summed E-state index contributed by atoms with van der Waals surface area (Å²) < 4.78 is 6.23. The Bertz CT molecular complexity index is 935. The molecule has 0 aliphatic rings. The second-order valence-corrected chi connectivity index (χ2v) is 5.24. The van der Waals surface area contributed by atoms with E-state index in [4.69, 9.17) is 4.74 Å². The Labute approximate surface area is 143 Å². The molecule has 0 aliphatic heterocycles. The van der Waals surface area contributed by atoms with E-state index in [0.29, 0.717) is 23.6 Å². The van der Waals surface area contributed by atoms with Crippen LogP contribution in [-0.2, 0) is 9.53 Å². The van der Waals surface area contributed by atoms with Crippen molar-refractivity contribution in [1.29, 1.82) is 0 Å². The molecule has 0 aliphatic carbocycles. The molecule has 0 fully saturated rings. The van der Waals surface area contributed by atoms with Gasteiger partial charge in [-0.2, -0.15) is 5.10 Å². The number of anilines is 3. The maximum Gasteiger partial charge on any atom is 0.343 e. The van der Waals surface area contributed by atoms with E-state index in [0.717, 1.165) is 5.69 Å². The van der Waals surface area contributed by atoms with E-state index in [1.54, 1.807) is 25.3 Å². The lowest BCUT2D eigenvalue weighted by Crippen LogP contribution is -2.09. The highest BCUT2D eigenvalue weighted by Gasteiger charge is 2.14. The molecule has 0 spiro atoms. The number of nitrogens with zero attached hydrogens (tertiary/aromatic N) is 3. The minimum atomic E-state index is -0.496. The van der Waals surface area contributed by atoms with Gasteiger partial charge in [0.2, 0.25) is 5.91 Å². The van der Waals surface area contributed by atoms with Crippen molar-refractivity contribution in [3.63, 3.8) is 0 Å². The number of carbonyl (C=O) groups excluding carboxylic acids is 2. The SMILES string of the molecule is CCC(=O)Nc1cccc(Nc2ccn3ncc(C(=O)OC)c3n2)c1. The van der Waals surface area contributed by atoms with E-state index >= 15 is 0 Å². The van der Waals surface area contributed by atoms with Gasteiger partial charge in [-0.15, -0.1) is 0 Å². The second kappa shape index (κ2) is 7.00. The van der Waals surface area contributed by atoms with Crippen molar-refractivity contribution in [3.05, 3.63) is 48.3 Å². The van der Waals surface area contributed by atoms with Crippen LogP contribution in [0.4, 0.5) is 17.2 Å². The first-order valence-electron chi connectivity index (χ1n) is 7.70. The molecule has 2 heterocycles. The van der Waals surface area contributed by atoms with Gasteiger partial charge < -0.3 is 15.4 Å². The number of benzene rings is 1. The molecular weight excluding hydrogens is 322 g/mol. The normalized spacial score (nSPS) is 10.5. The fourth-order valence-electron chi connectivity index (χ4n) is 2.26. The van der Waals surface area contributed by atoms with Crippen molar-refractivity contribution in [2.75, 3.05) is 17.7 Å². The molecule has 0 saturated carbocycles. The number of nitrogens with one attached hydrogen (secondary N) is 2. The Morgan fingerprint density at radius 3 is 2.80 bits per heavy atom. The summed E-state index contributed by atoms with van der Waals surface area (Å²) in [5.41, 5.74) is 2.13. The van der Waals surface area contributed by atoms with Gasteiger partial charge in [-0.25, -0.2) is 14.3 Å². The highest BCUT2D eigenvalue weighted by molar-refractivity contribution is 5.95.